The zero-order valence-electron chi connectivity index (χ0n) is 11.9. The number of anilines is 1. The topological polar surface area (TPSA) is 119 Å². The first-order valence-corrected chi connectivity index (χ1v) is 6.41. The minimum atomic E-state index is -1.12. The number of imidazole rings is 1. The van der Waals surface area contributed by atoms with Gasteiger partial charge in [0.25, 0.3) is 0 Å². The summed E-state index contributed by atoms with van der Waals surface area (Å²) in [5, 5.41) is 19.5. The molecule has 0 bridgehead atoms. The number of methoxy groups -OCH3 is 1. The highest BCUT2D eigenvalue weighted by molar-refractivity contribution is 5.81. The van der Waals surface area contributed by atoms with E-state index < -0.39 is 30.4 Å². The number of nitrogens with two attached hydrogens (primary N) is 1. The standard InChI is InChI=1S/C12H18FN5O3/c1-5(9(21-3)8(20)6(2)19)18-4-15-7-10(14)16-12(13)17-11(7)18/h4-6,8-9,19-20H,1-3H3,(H2,14,16,17). The van der Waals surface area contributed by atoms with Crippen LogP contribution in [0.3, 0.4) is 0 Å². The molecule has 2 aromatic rings. The van der Waals surface area contributed by atoms with E-state index in [9.17, 15) is 14.6 Å². The number of aliphatic hydroxyl groups excluding tert-OH is 2. The van der Waals surface area contributed by atoms with Crippen LogP contribution in [0.4, 0.5) is 10.2 Å². The van der Waals surface area contributed by atoms with E-state index in [1.54, 1.807) is 6.92 Å². The molecular weight excluding hydrogens is 281 g/mol. The third-order valence-electron chi connectivity index (χ3n) is 3.44. The molecule has 0 spiro atoms. The third-order valence-corrected chi connectivity index (χ3v) is 3.44. The molecular formula is C12H18FN5O3. The Hall–Kier alpha value is -1.84. The van der Waals surface area contributed by atoms with Gasteiger partial charge in [-0.15, -0.1) is 0 Å². The zero-order valence-corrected chi connectivity index (χ0v) is 11.9. The predicted molar refractivity (Wildman–Crippen MR) is 72.9 cm³/mol. The smallest absolute Gasteiger partial charge is 0.312 e. The maximum absolute atomic E-state index is 13.3. The number of halogens is 1. The monoisotopic (exact) mass is 299 g/mol. The van der Waals surface area contributed by atoms with Crippen LogP contribution in [0.25, 0.3) is 11.2 Å². The maximum atomic E-state index is 13.3. The van der Waals surface area contributed by atoms with Gasteiger partial charge in [0.1, 0.15) is 17.7 Å². The molecule has 0 aromatic carbocycles. The van der Waals surface area contributed by atoms with E-state index in [1.165, 1.54) is 24.9 Å². The fraction of sp³-hybridized carbons (Fsp3) is 0.583. The molecule has 4 unspecified atom stereocenters. The molecule has 0 aliphatic heterocycles. The highest BCUT2D eigenvalue weighted by Gasteiger charge is 2.31. The third kappa shape index (κ3) is 2.80. The second kappa shape index (κ2) is 5.88. The lowest BCUT2D eigenvalue weighted by Crippen LogP contribution is -2.41. The molecule has 2 rings (SSSR count). The van der Waals surface area contributed by atoms with E-state index in [1.807, 2.05) is 0 Å². The van der Waals surface area contributed by atoms with E-state index in [-0.39, 0.29) is 17.0 Å². The molecule has 0 aliphatic rings. The molecule has 0 radical (unpaired) electrons. The molecule has 0 saturated carbocycles. The number of ether oxygens (including phenoxy) is 1. The Morgan fingerprint density at radius 1 is 1.33 bits per heavy atom. The zero-order chi connectivity index (χ0) is 15.7. The molecule has 4 atom stereocenters. The highest BCUT2D eigenvalue weighted by atomic mass is 19.1. The van der Waals surface area contributed by atoms with Crippen molar-refractivity contribution >= 4 is 17.0 Å². The molecule has 2 heterocycles. The van der Waals surface area contributed by atoms with Gasteiger partial charge in [-0.3, -0.25) is 0 Å². The normalized spacial score (nSPS) is 17.6. The molecule has 8 nitrogen and oxygen atoms in total. The quantitative estimate of drug-likeness (QED) is 0.658. The van der Waals surface area contributed by atoms with Gasteiger partial charge in [0.05, 0.1) is 18.5 Å². The summed E-state index contributed by atoms with van der Waals surface area (Å²) in [6.07, 6.45) is -2.38. The van der Waals surface area contributed by atoms with Crippen LogP contribution in [0.5, 0.6) is 0 Å². The van der Waals surface area contributed by atoms with Crippen LogP contribution < -0.4 is 5.73 Å². The lowest BCUT2D eigenvalue weighted by molar-refractivity contribution is -0.0862. The minimum Gasteiger partial charge on any atom is -0.391 e. The van der Waals surface area contributed by atoms with Crippen LogP contribution in [-0.4, -0.2) is 55.2 Å². The van der Waals surface area contributed by atoms with Crippen molar-refractivity contribution in [2.45, 2.75) is 38.2 Å². The Kier molecular flexibility index (Phi) is 4.35. The van der Waals surface area contributed by atoms with E-state index in [2.05, 4.69) is 15.0 Å². The highest BCUT2D eigenvalue weighted by Crippen LogP contribution is 2.24. The van der Waals surface area contributed by atoms with Gasteiger partial charge in [0.15, 0.2) is 11.5 Å². The van der Waals surface area contributed by atoms with Crippen LogP contribution in [0.1, 0.15) is 19.9 Å². The van der Waals surface area contributed by atoms with E-state index in [4.69, 9.17) is 10.5 Å². The molecule has 116 valence electrons. The van der Waals surface area contributed by atoms with Crippen molar-refractivity contribution in [1.82, 2.24) is 19.5 Å². The Labute approximate surface area is 120 Å². The maximum Gasteiger partial charge on any atom is 0.312 e. The summed E-state index contributed by atoms with van der Waals surface area (Å²) >= 11 is 0. The average molecular weight is 299 g/mol. The van der Waals surface area contributed by atoms with Crippen LogP contribution >= 0.6 is 0 Å². The van der Waals surface area contributed by atoms with Gasteiger partial charge in [0, 0.05) is 7.11 Å². The van der Waals surface area contributed by atoms with Crippen LogP contribution in [0, 0.1) is 6.08 Å². The lowest BCUT2D eigenvalue weighted by atomic mass is 10.0. The Morgan fingerprint density at radius 3 is 2.57 bits per heavy atom. The summed E-state index contributed by atoms with van der Waals surface area (Å²) < 4.78 is 20.1. The fourth-order valence-corrected chi connectivity index (χ4v) is 2.26. The molecule has 4 N–H and O–H groups in total. The molecule has 21 heavy (non-hydrogen) atoms. The first kappa shape index (κ1) is 15.5. The first-order valence-electron chi connectivity index (χ1n) is 6.41. The average Bonchev–Trinajstić information content (AvgIpc) is 2.82. The Balaban J connectivity index is 2.45. The van der Waals surface area contributed by atoms with Gasteiger partial charge in [-0.1, -0.05) is 0 Å². The second-order valence-electron chi connectivity index (χ2n) is 4.87. The Morgan fingerprint density at radius 2 is 2.00 bits per heavy atom. The van der Waals surface area contributed by atoms with Crippen molar-refractivity contribution in [3.8, 4) is 0 Å². The van der Waals surface area contributed by atoms with Crippen molar-refractivity contribution in [3.63, 3.8) is 0 Å². The number of hydrogen-bond donors (Lipinski definition) is 3. The van der Waals surface area contributed by atoms with Gasteiger partial charge >= 0.3 is 6.08 Å². The number of aromatic nitrogens is 4. The molecule has 0 fully saturated rings. The molecule has 9 heteroatoms. The van der Waals surface area contributed by atoms with Crippen molar-refractivity contribution in [2.75, 3.05) is 12.8 Å². The van der Waals surface area contributed by atoms with Gasteiger partial charge in [-0.25, -0.2) is 4.98 Å². The molecule has 0 amide bonds. The van der Waals surface area contributed by atoms with Crippen molar-refractivity contribution in [2.24, 2.45) is 0 Å². The van der Waals surface area contributed by atoms with E-state index >= 15 is 0 Å². The van der Waals surface area contributed by atoms with E-state index in [0.29, 0.717) is 0 Å². The SMILES string of the molecule is COC(C(O)C(C)O)C(C)n1cnc2c(N)nc(F)nc21. The summed E-state index contributed by atoms with van der Waals surface area (Å²) in [6, 6.07) is -0.460. The van der Waals surface area contributed by atoms with Crippen LogP contribution in [0.15, 0.2) is 6.33 Å². The summed E-state index contributed by atoms with van der Waals surface area (Å²) in [7, 11) is 1.41. The molecule has 0 saturated heterocycles. The largest absolute Gasteiger partial charge is 0.391 e. The molecule has 2 aromatic heterocycles. The first-order chi connectivity index (χ1) is 9.86. The summed E-state index contributed by atoms with van der Waals surface area (Å²) in [5.74, 6) is -0.0616. The minimum absolute atomic E-state index is 0.0616. The number of nitrogen functional groups attached to an aromatic ring is 1. The van der Waals surface area contributed by atoms with Crippen molar-refractivity contribution in [3.05, 3.63) is 12.4 Å². The fourth-order valence-electron chi connectivity index (χ4n) is 2.26. The van der Waals surface area contributed by atoms with Crippen LogP contribution in [0.2, 0.25) is 0 Å². The van der Waals surface area contributed by atoms with Crippen molar-refractivity contribution < 1.29 is 19.3 Å². The van der Waals surface area contributed by atoms with Gasteiger partial charge in [0.2, 0.25) is 0 Å². The number of nitrogens with zero attached hydrogens (tertiary/aromatic N) is 4. The number of aliphatic hydroxyl groups is 2. The van der Waals surface area contributed by atoms with Crippen molar-refractivity contribution in [1.29, 1.82) is 0 Å². The van der Waals surface area contributed by atoms with Gasteiger partial charge in [-0.05, 0) is 13.8 Å². The lowest BCUT2D eigenvalue weighted by Gasteiger charge is -2.29. The van der Waals surface area contributed by atoms with Gasteiger partial charge in [-0.2, -0.15) is 14.4 Å². The number of rotatable bonds is 5. The molecule has 0 aliphatic carbocycles. The predicted octanol–water partition coefficient (Wildman–Crippen LogP) is -0.135. The summed E-state index contributed by atoms with van der Waals surface area (Å²) in [4.78, 5) is 11.1. The summed E-state index contributed by atoms with van der Waals surface area (Å²) in [6.45, 7) is 3.19. The number of fused-ring (bicyclic) bond motifs is 1. The van der Waals surface area contributed by atoms with Gasteiger partial charge < -0.3 is 25.3 Å². The Bertz CT molecular complexity index is 633. The van der Waals surface area contributed by atoms with E-state index in [0.717, 1.165) is 0 Å². The summed E-state index contributed by atoms with van der Waals surface area (Å²) in [5.41, 5.74) is 6.07. The number of hydrogen-bond acceptors (Lipinski definition) is 7. The second-order valence-corrected chi connectivity index (χ2v) is 4.87. The van der Waals surface area contributed by atoms with Crippen LogP contribution in [-0.2, 0) is 4.74 Å².